The summed E-state index contributed by atoms with van der Waals surface area (Å²) in [7, 11) is 0. The van der Waals surface area contributed by atoms with Gasteiger partial charge in [-0.3, -0.25) is 0 Å². The average Bonchev–Trinajstić information content (AvgIpc) is 3.94. The van der Waals surface area contributed by atoms with Crippen molar-refractivity contribution in [2.75, 3.05) is 0 Å². The van der Waals surface area contributed by atoms with E-state index in [1.165, 1.54) is 80.7 Å². The Hall–Kier alpha value is -4.33. The van der Waals surface area contributed by atoms with Crippen LogP contribution in [0.5, 0.6) is 0 Å². The molecular weight excluding hydrogens is 942 g/mol. The molecule has 64 heavy (non-hydrogen) atoms. The maximum atomic E-state index is 7.09. The number of hydrogen-bond donors (Lipinski definition) is 0. The van der Waals surface area contributed by atoms with E-state index in [9.17, 15) is 0 Å². The van der Waals surface area contributed by atoms with Gasteiger partial charge < -0.3 is 24.8 Å². The molecule has 2 aliphatic carbocycles. The summed E-state index contributed by atoms with van der Waals surface area (Å²) in [6, 6.07) is 56.3. The van der Waals surface area contributed by atoms with Crippen LogP contribution in [0.1, 0.15) is 74.9 Å². The van der Waals surface area contributed by atoms with Gasteiger partial charge in [-0.25, -0.2) is 0 Å². The molecule has 0 N–H and O–H groups in total. The minimum absolute atomic E-state index is 0. The third-order valence-corrected chi connectivity index (χ3v) is 21.6. The molecule has 0 aromatic heterocycles. The van der Waals surface area contributed by atoms with Crippen molar-refractivity contribution in [3.8, 4) is 33.4 Å². The first-order valence-corrected chi connectivity index (χ1v) is 26.5. The second kappa shape index (κ2) is 18.2. The van der Waals surface area contributed by atoms with Gasteiger partial charge in [0.1, 0.15) is 0 Å². The summed E-state index contributed by atoms with van der Waals surface area (Å²) in [5, 5.41) is 6.08. The Balaban J connectivity index is 0.00000280. The van der Waals surface area contributed by atoms with Crippen molar-refractivity contribution in [3.05, 3.63) is 219 Å². The standard InChI is InChI=1S/C33H33.C21H12Cl2.C5H5.2ClH.Zr/c1-32(2,3)30-20-26-24(18-28(30)22-13-9-7-10-14-22)17-25-19-29(23-15-11-8-12-16-23)31(21-27(25)26)33(4,5)6;22-20-11-9-14(16-5-1-3-7-18(16)20)13-15-10-12-21(23)19-8-4-2-6-17(15)19;1-2-4-5-3-1;;;/h7-16,18,20-21H,17H2,1-6H3;1-12H;1-5H;2*1H;/q;;;;;+2/p-2. The van der Waals surface area contributed by atoms with E-state index in [1.807, 2.05) is 0 Å². The molecule has 0 radical (unpaired) electrons. The third-order valence-electron chi connectivity index (χ3n) is 13.0. The minimum atomic E-state index is -3.36. The molecule has 0 atom stereocenters. The van der Waals surface area contributed by atoms with Crippen LogP contribution in [0.3, 0.4) is 0 Å². The van der Waals surface area contributed by atoms with Crippen LogP contribution in [0, 0.1) is 0 Å². The normalized spacial score (nSPS) is 13.0. The van der Waals surface area contributed by atoms with Gasteiger partial charge in [-0.15, -0.1) is 0 Å². The zero-order valence-corrected chi connectivity index (χ0v) is 42.5. The number of rotatable bonds is 6. The van der Waals surface area contributed by atoms with Crippen molar-refractivity contribution in [2.24, 2.45) is 0 Å². The van der Waals surface area contributed by atoms with E-state index in [1.54, 1.807) is 3.27 Å². The van der Waals surface area contributed by atoms with Gasteiger partial charge in [0.05, 0.1) is 0 Å². The predicted molar refractivity (Wildman–Crippen MR) is 266 cm³/mol. The van der Waals surface area contributed by atoms with Crippen LogP contribution in [0.4, 0.5) is 0 Å². The summed E-state index contributed by atoms with van der Waals surface area (Å²) in [4.78, 5) is 0. The molecule has 5 heteroatoms. The number of hydrogen-bond acceptors (Lipinski definition) is 0. The van der Waals surface area contributed by atoms with Gasteiger partial charge in [0.2, 0.25) is 0 Å². The first-order chi connectivity index (χ1) is 29.9. The maximum Gasteiger partial charge on any atom is -1.00 e. The molecule has 8 aromatic rings. The fourth-order valence-corrected chi connectivity index (χ4v) is 19.5. The topological polar surface area (TPSA) is 0 Å². The Morgan fingerprint density at radius 2 is 0.969 bits per heavy atom. The van der Waals surface area contributed by atoms with Crippen LogP contribution < -0.4 is 28.1 Å². The molecule has 0 heterocycles. The zero-order valence-electron chi connectivity index (χ0n) is 37.0. The van der Waals surface area contributed by atoms with Crippen LogP contribution in [-0.4, -0.2) is 3.21 Å². The predicted octanol–water partition coefficient (Wildman–Crippen LogP) is 10.2. The van der Waals surface area contributed by atoms with E-state index in [0.29, 0.717) is 0 Å². The van der Waals surface area contributed by atoms with Gasteiger partial charge in [0.15, 0.2) is 0 Å². The quantitative estimate of drug-likeness (QED) is 0.156. The second-order valence-electron chi connectivity index (χ2n) is 19.0. The van der Waals surface area contributed by atoms with Crippen molar-refractivity contribution in [1.82, 2.24) is 0 Å². The molecule has 8 aromatic carbocycles. The smallest absolute Gasteiger partial charge is 1.00 e. The third kappa shape index (κ3) is 8.16. The van der Waals surface area contributed by atoms with E-state index >= 15 is 0 Å². The zero-order chi connectivity index (χ0) is 42.9. The summed E-state index contributed by atoms with van der Waals surface area (Å²) >= 11 is 10.8. The van der Waals surface area contributed by atoms with Gasteiger partial charge >= 0.3 is 388 Å². The number of fused-ring (bicyclic) bond motifs is 5. The van der Waals surface area contributed by atoms with Gasteiger partial charge in [0, 0.05) is 0 Å². The van der Waals surface area contributed by atoms with Crippen LogP contribution in [0.15, 0.2) is 176 Å². The summed E-state index contributed by atoms with van der Waals surface area (Å²) in [5.74, 6) is 0. The average molecular weight is 992 g/mol. The van der Waals surface area contributed by atoms with E-state index in [0.717, 1.165) is 27.2 Å². The largest absolute Gasteiger partial charge is 1.00 e. The summed E-state index contributed by atoms with van der Waals surface area (Å²) in [5.41, 5.74) is 16.1. The van der Waals surface area contributed by atoms with Crippen molar-refractivity contribution < 1.29 is 46.1 Å². The van der Waals surface area contributed by atoms with Crippen LogP contribution in [0.2, 0.25) is 13.7 Å². The molecule has 0 spiro atoms. The Bertz CT molecular complexity index is 3080. The van der Waals surface area contributed by atoms with Crippen molar-refractivity contribution in [3.63, 3.8) is 0 Å². The van der Waals surface area contributed by atoms with Crippen molar-refractivity contribution in [1.29, 1.82) is 0 Å². The molecule has 0 fully saturated rings. The Labute approximate surface area is 409 Å². The summed E-state index contributed by atoms with van der Waals surface area (Å²) < 4.78 is 3.31. The fourth-order valence-electron chi connectivity index (χ4n) is 10.1. The second-order valence-corrected chi connectivity index (χ2v) is 26.0. The molecule has 318 valence electrons. The van der Waals surface area contributed by atoms with E-state index in [4.69, 9.17) is 23.2 Å². The Morgan fingerprint density at radius 1 is 0.500 bits per heavy atom. The van der Waals surface area contributed by atoms with Crippen LogP contribution in [-0.2, 0) is 38.5 Å². The Kier molecular flexibility index (Phi) is 13.1. The molecular formula is C59H50Cl4Zr. The Morgan fingerprint density at radius 3 is 1.48 bits per heavy atom. The van der Waals surface area contributed by atoms with Gasteiger partial charge in [-0.05, 0) is 0 Å². The summed E-state index contributed by atoms with van der Waals surface area (Å²) in [6.45, 7) is 14.3. The molecule has 0 unspecified atom stereocenters. The first kappa shape index (κ1) is 46.2. The van der Waals surface area contributed by atoms with E-state index < -0.39 is 21.3 Å². The number of allylic oxidation sites excluding steroid dienone is 4. The molecule has 0 nitrogen and oxygen atoms in total. The van der Waals surface area contributed by atoms with Crippen LogP contribution >= 0.6 is 23.2 Å². The monoisotopic (exact) mass is 988 g/mol. The molecule has 0 saturated heterocycles. The SMILES string of the molecule is CC(C)(C)c1cc2c(cc1-c1ccccc1)Cc1c-2cc(C(C)(C)C)c(-c2ccccc2)[c]1[Zr+2](=[C](c1ccc(Cl)c2ccccc12)c1ccc(Cl)c2ccccc12)[CH]1C=CC=C1.[Cl-].[Cl-]. The summed E-state index contributed by atoms with van der Waals surface area (Å²) in [6.07, 6.45) is 10.5. The molecule has 10 rings (SSSR count). The molecule has 2 aliphatic rings. The van der Waals surface area contributed by atoms with E-state index in [-0.39, 0.29) is 39.3 Å². The fraction of sp³-hybridized carbons (Fsp3) is 0.169. The number of halogens is 4. The van der Waals surface area contributed by atoms with Crippen molar-refractivity contribution in [2.45, 2.75) is 62.4 Å². The van der Waals surface area contributed by atoms with Gasteiger partial charge in [-0.1, -0.05) is 0 Å². The van der Waals surface area contributed by atoms with Crippen LogP contribution in [0.25, 0.3) is 54.9 Å². The molecule has 0 bridgehead atoms. The maximum absolute atomic E-state index is 7.09. The van der Waals surface area contributed by atoms with Gasteiger partial charge in [0.25, 0.3) is 0 Å². The van der Waals surface area contributed by atoms with Crippen molar-refractivity contribution >= 4 is 51.2 Å². The number of benzene rings is 8. The molecule has 0 saturated carbocycles. The van der Waals surface area contributed by atoms with Gasteiger partial charge in [-0.2, -0.15) is 0 Å². The molecule has 0 aliphatic heterocycles. The van der Waals surface area contributed by atoms with E-state index in [2.05, 4.69) is 218 Å². The molecule has 0 amide bonds. The minimum Gasteiger partial charge on any atom is -1.00 e. The first-order valence-electron chi connectivity index (χ1n) is 21.8.